The lowest BCUT2D eigenvalue weighted by atomic mass is 10.4. The van der Waals surface area contributed by atoms with Crippen molar-refractivity contribution >= 4 is 12.2 Å². The van der Waals surface area contributed by atoms with Gasteiger partial charge in [-0.2, -0.15) is 0 Å². The van der Waals surface area contributed by atoms with Gasteiger partial charge < -0.3 is 9.67 Å². The summed E-state index contributed by atoms with van der Waals surface area (Å²) in [6.07, 6.45) is 7.93. The molecule has 1 heterocycles. The Morgan fingerprint density at radius 1 is 1.77 bits per heavy atom. The number of nitrogens with zero attached hydrogens (tertiary/aromatic N) is 2. The average molecular weight is 182 g/mol. The molecule has 0 radical (unpaired) electrons. The third kappa shape index (κ3) is 6.80. The van der Waals surface area contributed by atoms with Gasteiger partial charge in [-0.15, -0.1) is 0 Å². The average Bonchev–Trinajstić information content (AvgIpc) is 2.56. The van der Waals surface area contributed by atoms with Crippen molar-refractivity contribution < 1.29 is 9.90 Å². The first-order chi connectivity index (χ1) is 6.20. The van der Waals surface area contributed by atoms with Crippen molar-refractivity contribution in [3.8, 4) is 0 Å². The number of carboxylic acid groups (broad SMARTS) is 1. The molecule has 0 aliphatic rings. The van der Waals surface area contributed by atoms with Crippen LogP contribution in [0.1, 0.15) is 19.8 Å². The molecule has 1 N–H and O–H groups in total. The molecule has 72 valence electrons. The molecular formula is C9H14N2O2. The normalized spacial score (nSPS) is 8.38. The van der Waals surface area contributed by atoms with Crippen LogP contribution >= 0.6 is 0 Å². The summed E-state index contributed by atoms with van der Waals surface area (Å²) >= 11 is 0. The molecule has 4 heteroatoms. The van der Waals surface area contributed by atoms with Crippen LogP contribution in [0.2, 0.25) is 0 Å². The molecule has 0 atom stereocenters. The van der Waals surface area contributed by atoms with E-state index in [9.17, 15) is 4.79 Å². The second-order valence-corrected chi connectivity index (χ2v) is 2.34. The van der Waals surface area contributed by atoms with E-state index in [-0.39, 0.29) is 0 Å². The highest BCUT2D eigenvalue weighted by Gasteiger charge is 1.87. The van der Waals surface area contributed by atoms with Crippen molar-refractivity contribution in [3.63, 3.8) is 0 Å². The first kappa shape index (κ1) is 11.4. The van der Waals surface area contributed by atoms with Gasteiger partial charge in [-0.25, -0.2) is 4.98 Å². The van der Waals surface area contributed by atoms with E-state index < -0.39 is 5.97 Å². The van der Waals surface area contributed by atoms with Crippen LogP contribution in [0.25, 0.3) is 6.20 Å². The number of hydrogen-bond donors (Lipinski definition) is 1. The molecule has 0 bridgehead atoms. The van der Waals surface area contributed by atoms with Crippen molar-refractivity contribution in [1.29, 1.82) is 0 Å². The molecule has 0 saturated heterocycles. The predicted octanol–water partition coefficient (Wildman–Crippen LogP) is 1.85. The Labute approximate surface area is 77.5 Å². The summed E-state index contributed by atoms with van der Waals surface area (Å²) in [6, 6.07) is 0. The molecule has 4 nitrogen and oxygen atoms in total. The number of carboxylic acids is 1. The van der Waals surface area contributed by atoms with E-state index in [1.807, 2.05) is 13.1 Å². The van der Waals surface area contributed by atoms with Crippen LogP contribution < -0.4 is 0 Å². The van der Waals surface area contributed by atoms with E-state index >= 15 is 0 Å². The molecule has 1 aromatic rings. The lowest BCUT2D eigenvalue weighted by molar-refractivity contribution is -0.137. The zero-order valence-electron chi connectivity index (χ0n) is 7.68. The van der Waals surface area contributed by atoms with Gasteiger partial charge in [0.15, 0.2) is 0 Å². The fraction of sp³-hybridized carbons (Fsp3) is 0.333. The number of aromatic nitrogens is 2. The first-order valence-corrected chi connectivity index (χ1v) is 4.02. The van der Waals surface area contributed by atoms with E-state index in [4.69, 9.17) is 5.11 Å². The minimum absolute atomic E-state index is 0.292. The van der Waals surface area contributed by atoms with Crippen molar-refractivity contribution in [2.24, 2.45) is 0 Å². The van der Waals surface area contributed by atoms with Crippen LogP contribution in [0.3, 0.4) is 0 Å². The third-order valence-corrected chi connectivity index (χ3v) is 1.20. The predicted molar refractivity (Wildman–Crippen MR) is 51.2 cm³/mol. The molecule has 0 amide bonds. The molecule has 0 aromatic carbocycles. The SMILES string of the molecule is C=Cn1ccnc1.CCCC(=O)O. The van der Waals surface area contributed by atoms with Crippen molar-refractivity contribution in [2.75, 3.05) is 0 Å². The summed E-state index contributed by atoms with van der Waals surface area (Å²) in [5.74, 6) is -0.711. The molecule has 0 saturated carbocycles. The Hall–Kier alpha value is -1.58. The molecule has 0 fully saturated rings. The zero-order valence-corrected chi connectivity index (χ0v) is 7.68. The Morgan fingerprint density at radius 3 is 2.62 bits per heavy atom. The van der Waals surface area contributed by atoms with Crippen LogP contribution in [0.4, 0.5) is 0 Å². The number of hydrogen-bond acceptors (Lipinski definition) is 2. The van der Waals surface area contributed by atoms with E-state index in [2.05, 4.69) is 11.6 Å². The van der Waals surface area contributed by atoms with Crippen LogP contribution in [0, 0.1) is 0 Å². The maximum absolute atomic E-state index is 9.60. The van der Waals surface area contributed by atoms with Gasteiger partial charge in [0.25, 0.3) is 0 Å². The Morgan fingerprint density at radius 2 is 2.46 bits per heavy atom. The zero-order chi connectivity index (χ0) is 10.1. The van der Waals surface area contributed by atoms with Crippen molar-refractivity contribution in [3.05, 3.63) is 25.3 Å². The summed E-state index contributed by atoms with van der Waals surface area (Å²) in [6.45, 7) is 5.37. The second-order valence-electron chi connectivity index (χ2n) is 2.34. The van der Waals surface area contributed by atoms with Gasteiger partial charge in [-0.05, 0) is 6.42 Å². The summed E-state index contributed by atoms with van der Waals surface area (Å²) in [7, 11) is 0. The highest BCUT2D eigenvalue weighted by Crippen LogP contribution is 1.82. The van der Waals surface area contributed by atoms with Crippen LogP contribution in [-0.4, -0.2) is 20.6 Å². The quantitative estimate of drug-likeness (QED) is 0.776. The van der Waals surface area contributed by atoms with Crippen LogP contribution in [-0.2, 0) is 4.79 Å². The third-order valence-electron chi connectivity index (χ3n) is 1.20. The van der Waals surface area contributed by atoms with Gasteiger partial charge in [0.1, 0.15) is 0 Å². The lowest BCUT2D eigenvalue weighted by Gasteiger charge is -1.80. The number of imidazole rings is 1. The maximum Gasteiger partial charge on any atom is 0.303 e. The minimum atomic E-state index is -0.711. The standard InChI is InChI=1S/C5H6N2.C4H8O2/c1-2-7-4-3-6-5-7;1-2-3-4(5)6/h2-5H,1H2;2-3H2,1H3,(H,5,6). The topological polar surface area (TPSA) is 55.1 Å². The van der Waals surface area contributed by atoms with Gasteiger partial charge in [-0.1, -0.05) is 13.5 Å². The number of rotatable bonds is 3. The van der Waals surface area contributed by atoms with E-state index in [1.165, 1.54) is 0 Å². The second kappa shape index (κ2) is 7.09. The Balaban J connectivity index is 0.000000226. The highest BCUT2D eigenvalue weighted by molar-refractivity contribution is 5.66. The smallest absolute Gasteiger partial charge is 0.303 e. The first-order valence-electron chi connectivity index (χ1n) is 4.02. The van der Waals surface area contributed by atoms with Crippen LogP contribution in [0.15, 0.2) is 25.3 Å². The van der Waals surface area contributed by atoms with Gasteiger partial charge in [-0.3, -0.25) is 4.79 Å². The molecule has 0 aliphatic heterocycles. The maximum atomic E-state index is 9.60. The molecule has 0 spiro atoms. The molecule has 1 aromatic heterocycles. The van der Waals surface area contributed by atoms with Crippen molar-refractivity contribution in [2.45, 2.75) is 19.8 Å². The Kier molecular flexibility index (Phi) is 6.23. The Bertz CT molecular complexity index is 242. The van der Waals surface area contributed by atoms with E-state index in [0.717, 1.165) is 6.42 Å². The summed E-state index contributed by atoms with van der Waals surface area (Å²) in [5, 5.41) is 7.91. The summed E-state index contributed by atoms with van der Waals surface area (Å²) in [4.78, 5) is 13.4. The molecule has 0 aliphatic carbocycles. The largest absolute Gasteiger partial charge is 0.481 e. The molecule has 13 heavy (non-hydrogen) atoms. The molecule has 1 rings (SSSR count). The van der Waals surface area contributed by atoms with Gasteiger partial charge in [0, 0.05) is 25.0 Å². The van der Waals surface area contributed by atoms with E-state index in [0.29, 0.717) is 6.42 Å². The lowest BCUT2D eigenvalue weighted by Crippen LogP contribution is -1.90. The molecular weight excluding hydrogens is 168 g/mol. The summed E-state index contributed by atoms with van der Waals surface area (Å²) in [5.41, 5.74) is 0. The highest BCUT2D eigenvalue weighted by atomic mass is 16.4. The van der Waals surface area contributed by atoms with Gasteiger partial charge in [0.05, 0.1) is 6.33 Å². The number of aliphatic carboxylic acids is 1. The van der Waals surface area contributed by atoms with Crippen molar-refractivity contribution in [1.82, 2.24) is 9.55 Å². The summed E-state index contributed by atoms with van der Waals surface area (Å²) < 4.78 is 1.78. The fourth-order valence-electron chi connectivity index (χ4n) is 0.591. The van der Waals surface area contributed by atoms with Gasteiger partial charge >= 0.3 is 5.97 Å². The van der Waals surface area contributed by atoms with Gasteiger partial charge in [0.2, 0.25) is 0 Å². The number of carbonyl (C=O) groups is 1. The minimum Gasteiger partial charge on any atom is -0.481 e. The molecule has 0 unspecified atom stereocenters. The monoisotopic (exact) mass is 182 g/mol. The van der Waals surface area contributed by atoms with E-state index in [1.54, 1.807) is 23.3 Å². The van der Waals surface area contributed by atoms with Crippen LogP contribution in [0.5, 0.6) is 0 Å². The fourth-order valence-corrected chi connectivity index (χ4v) is 0.591.